The fourth-order valence-electron chi connectivity index (χ4n) is 12.4. The van der Waals surface area contributed by atoms with Gasteiger partial charge in [-0.2, -0.15) is 0 Å². The lowest BCUT2D eigenvalue weighted by Gasteiger charge is -2.27. The van der Waals surface area contributed by atoms with Gasteiger partial charge in [0.1, 0.15) is 0 Å². The third-order valence-corrected chi connectivity index (χ3v) is 15.7. The second-order valence-corrected chi connectivity index (χ2v) is 20.4. The second-order valence-electron chi connectivity index (χ2n) is 20.4. The van der Waals surface area contributed by atoms with Crippen molar-refractivity contribution in [1.29, 1.82) is 0 Å². The van der Waals surface area contributed by atoms with E-state index < -0.39 is 0 Å². The van der Waals surface area contributed by atoms with Crippen molar-refractivity contribution in [2.45, 2.75) is 34.6 Å². The molecule has 0 aliphatic carbocycles. The SMILES string of the molecule is C=C/C=C(\C=C/C)c1c2c3ccc(N(c4ccc(C)cc4)c4ccc(C)cc4)c4c5ccccc5n(c2c(-c2ccccc2)c2c5ccc(N(c6ccc(C)cc6)c6ccc(C)cc6)c6c7ccccc7n(c12)c56)c34. The number of nitrogens with zero attached hydrogens (tertiary/aromatic N) is 4. The molecule has 75 heavy (non-hydrogen) atoms. The molecular formula is C71H54N4. The quantitative estimate of drug-likeness (QED) is 0.127. The topological polar surface area (TPSA) is 15.3 Å². The van der Waals surface area contributed by atoms with Gasteiger partial charge in [-0.25, -0.2) is 0 Å². The molecule has 0 aliphatic heterocycles. The van der Waals surface area contributed by atoms with Gasteiger partial charge in [0.2, 0.25) is 0 Å². The fourth-order valence-corrected chi connectivity index (χ4v) is 12.4. The van der Waals surface area contributed by atoms with Crippen LogP contribution in [0.3, 0.4) is 0 Å². The van der Waals surface area contributed by atoms with Crippen molar-refractivity contribution in [2.75, 3.05) is 9.80 Å². The maximum Gasteiger partial charge on any atom is 0.0642 e. The minimum Gasteiger partial charge on any atom is -0.310 e. The molecule has 4 nitrogen and oxygen atoms in total. The number of fused-ring (bicyclic) bond motifs is 12. The molecule has 0 amide bonds. The summed E-state index contributed by atoms with van der Waals surface area (Å²) >= 11 is 0. The Morgan fingerprint density at radius 1 is 0.400 bits per heavy atom. The van der Waals surface area contributed by atoms with Crippen molar-refractivity contribution in [3.8, 4) is 11.1 Å². The van der Waals surface area contributed by atoms with Gasteiger partial charge in [0.05, 0.1) is 44.5 Å². The number of para-hydroxylation sites is 2. The Kier molecular flexibility index (Phi) is 10.1. The van der Waals surface area contributed by atoms with E-state index in [2.05, 4.69) is 278 Å². The lowest BCUT2D eigenvalue weighted by molar-refractivity contribution is 1.28. The summed E-state index contributed by atoms with van der Waals surface area (Å²) in [4.78, 5) is 4.90. The maximum absolute atomic E-state index is 4.35. The van der Waals surface area contributed by atoms with Gasteiger partial charge in [-0.05, 0) is 119 Å². The van der Waals surface area contributed by atoms with Crippen LogP contribution in [0.1, 0.15) is 34.7 Å². The first-order valence-electron chi connectivity index (χ1n) is 26.1. The van der Waals surface area contributed by atoms with Gasteiger partial charge < -0.3 is 18.6 Å². The highest BCUT2D eigenvalue weighted by atomic mass is 15.2. The van der Waals surface area contributed by atoms with Gasteiger partial charge in [0.15, 0.2) is 0 Å². The zero-order valence-corrected chi connectivity index (χ0v) is 42.9. The van der Waals surface area contributed by atoms with Gasteiger partial charge >= 0.3 is 0 Å². The lowest BCUT2D eigenvalue weighted by Crippen LogP contribution is -2.10. The second kappa shape index (κ2) is 17.1. The normalized spacial score (nSPS) is 12.4. The first-order chi connectivity index (χ1) is 36.8. The zero-order chi connectivity index (χ0) is 50.6. The molecule has 0 fully saturated rings. The lowest BCUT2D eigenvalue weighted by atomic mass is 9.88. The average molecular weight is 963 g/mol. The smallest absolute Gasteiger partial charge is 0.0642 e. The summed E-state index contributed by atoms with van der Waals surface area (Å²) < 4.78 is 5.22. The minimum atomic E-state index is 1.10. The molecule has 0 radical (unpaired) electrons. The Morgan fingerprint density at radius 3 is 1.25 bits per heavy atom. The van der Waals surface area contributed by atoms with Crippen molar-refractivity contribution < 1.29 is 0 Å². The van der Waals surface area contributed by atoms with Crippen LogP contribution in [0.15, 0.2) is 231 Å². The highest BCUT2D eigenvalue weighted by molar-refractivity contribution is 6.38. The van der Waals surface area contributed by atoms with Crippen molar-refractivity contribution >= 4 is 116 Å². The zero-order valence-electron chi connectivity index (χ0n) is 42.9. The van der Waals surface area contributed by atoms with Gasteiger partial charge in [0.25, 0.3) is 0 Å². The number of aryl methyl sites for hydroxylation is 4. The highest BCUT2D eigenvalue weighted by Gasteiger charge is 2.33. The van der Waals surface area contributed by atoms with Gasteiger partial charge in [-0.3, -0.25) is 0 Å². The Hall–Kier alpha value is -9.38. The number of allylic oxidation sites excluding steroid dienone is 5. The molecule has 4 heteroatoms. The summed E-state index contributed by atoms with van der Waals surface area (Å²) in [6.07, 6.45) is 8.61. The number of anilines is 6. The number of hydrogen-bond donors (Lipinski definition) is 0. The minimum absolute atomic E-state index is 1.10. The van der Waals surface area contributed by atoms with Gasteiger partial charge in [-0.1, -0.05) is 181 Å². The standard InChI is InChI=1S/C71H54N4/c1-7-16-48(17-8-2)62-66-56-40-42-60(72(50-32-24-44(3)25-33-50)51-34-26-45(4)27-35-51)64-55-21-13-15-23-59(55)75(68(56)64)71(66)63(49-18-10-9-11-19-49)67-57-41-43-61(65-54-20-12-14-22-58(54)74(69(57)65)70(62)67)73(52-36-28-46(5)29-37-52)53-38-30-47(6)31-39-53/h7-43H,1H2,2-6H3/b17-8-,48-16+. The Balaban J connectivity index is 1.22. The molecule has 0 atom stereocenters. The Bertz CT molecular complexity index is 4410. The van der Waals surface area contributed by atoms with Crippen LogP contribution < -0.4 is 9.80 Å². The number of rotatable bonds is 10. The van der Waals surface area contributed by atoms with Crippen LogP contribution in [0, 0.1) is 27.7 Å². The van der Waals surface area contributed by atoms with Crippen molar-refractivity contribution in [3.63, 3.8) is 0 Å². The summed E-state index contributed by atoms with van der Waals surface area (Å²) in [5, 5.41) is 9.72. The number of hydrogen-bond acceptors (Lipinski definition) is 2. The van der Waals surface area contributed by atoms with Gasteiger partial charge in [-0.15, -0.1) is 0 Å². The molecule has 4 heterocycles. The van der Waals surface area contributed by atoms with Crippen molar-refractivity contribution in [3.05, 3.63) is 259 Å². The number of benzene rings is 10. The summed E-state index contributed by atoms with van der Waals surface area (Å²) in [7, 11) is 0. The highest BCUT2D eigenvalue weighted by Crippen LogP contribution is 2.56. The van der Waals surface area contributed by atoms with Crippen LogP contribution in [0.25, 0.3) is 92.9 Å². The fraction of sp³-hybridized carbons (Fsp3) is 0.0704. The monoisotopic (exact) mass is 962 g/mol. The third-order valence-electron chi connectivity index (χ3n) is 15.7. The Labute approximate surface area is 436 Å². The van der Waals surface area contributed by atoms with E-state index in [1.165, 1.54) is 115 Å². The first kappa shape index (κ1) is 44.3. The molecule has 0 aliphatic rings. The predicted molar refractivity (Wildman–Crippen MR) is 322 cm³/mol. The molecule has 0 spiro atoms. The van der Waals surface area contributed by atoms with Crippen LogP contribution in [-0.2, 0) is 0 Å². The molecule has 14 rings (SSSR count). The molecule has 0 unspecified atom stereocenters. The van der Waals surface area contributed by atoms with E-state index in [4.69, 9.17) is 0 Å². The van der Waals surface area contributed by atoms with E-state index in [9.17, 15) is 0 Å². The van der Waals surface area contributed by atoms with Gasteiger partial charge in [0, 0.05) is 77.0 Å². The molecule has 0 saturated carbocycles. The van der Waals surface area contributed by atoms with E-state index in [0.29, 0.717) is 0 Å². The molecule has 4 aromatic heterocycles. The predicted octanol–water partition coefficient (Wildman–Crippen LogP) is 20.0. The summed E-state index contributed by atoms with van der Waals surface area (Å²) in [5.74, 6) is 0. The molecule has 0 saturated heterocycles. The Morgan fingerprint density at radius 2 is 0.813 bits per heavy atom. The molecule has 0 N–H and O–H groups in total. The van der Waals surface area contributed by atoms with E-state index in [1.807, 2.05) is 6.08 Å². The van der Waals surface area contributed by atoms with Crippen molar-refractivity contribution in [1.82, 2.24) is 8.80 Å². The van der Waals surface area contributed by atoms with Crippen LogP contribution in [0.2, 0.25) is 0 Å². The molecule has 10 aromatic carbocycles. The summed E-state index contributed by atoms with van der Waals surface area (Å²) in [6, 6.07) is 74.6. The van der Waals surface area contributed by atoms with Crippen LogP contribution in [0.4, 0.5) is 34.1 Å². The van der Waals surface area contributed by atoms with Crippen molar-refractivity contribution in [2.24, 2.45) is 0 Å². The van der Waals surface area contributed by atoms with Crippen LogP contribution in [0.5, 0.6) is 0 Å². The summed E-state index contributed by atoms with van der Waals surface area (Å²) in [6.45, 7) is 15.1. The van der Waals surface area contributed by atoms with E-state index in [0.717, 1.165) is 39.7 Å². The summed E-state index contributed by atoms with van der Waals surface area (Å²) in [5.41, 5.74) is 23.5. The molecule has 0 bridgehead atoms. The largest absolute Gasteiger partial charge is 0.310 e. The van der Waals surface area contributed by atoms with E-state index in [1.54, 1.807) is 0 Å². The molecule has 358 valence electrons. The maximum atomic E-state index is 4.35. The van der Waals surface area contributed by atoms with Crippen LogP contribution in [-0.4, -0.2) is 8.80 Å². The average Bonchev–Trinajstić information content (AvgIpc) is 4.25. The number of aromatic nitrogens is 2. The molecular weight excluding hydrogens is 909 g/mol. The van der Waals surface area contributed by atoms with E-state index >= 15 is 0 Å². The molecule has 14 aromatic rings. The third kappa shape index (κ3) is 6.55. The van der Waals surface area contributed by atoms with Crippen LogP contribution >= 0.6 is 0 Å². The van der Waals surface area contributed by atoms with E-state index in [-0.39, 0.29) is 0 Å². The first-order valence-corrected chi connectivity index (χ1v) is 26.1.